The molecule has 2 heterocycles. The highest BCUT2D eigenvalue weighted by molar-refractivity contribution is 5.57. The lowest BCUT2D eigenvalue weighted by atomic mass is 9.95. The minimum atomic E-state index is 0.505. The van der Waals surface area contributed by atoms with E-state index >= 15 is 0 Å². The maximum Gasteiger partial charge on any atom is 0.225 e. The van der Waals surface area contributed by atoms with E-state index in [4.69, 9.17) is 0 Å². The molecule has 0 bridgehead atoms. The molecule has 6 nitrogen and oxygen atoms in total. The van der Waals surface area contributed by atoms with Crippen molar-refractivity contribution < 1.29 is 0 Å². The highest BCUT2D eigenvalue weighted by Gasteiger charge is 2.29. The number of H-pyrrole nitrogens is 2. The summed E-state index contributed by atoms with van der Waals surface area (Å²) in [6.07, 6.45) is 1.96. The Bertz CT molecular complexity index is 726. The zero-order valence-electron chi connectivity index (χ0n) is 11.1. The van der Waals surface area contributed by atoms with Crippen molar-refractivity contribution in [1.82, 2.24) is 30.8 Å². The van der Waals surface area contributed by atoms with E-state index in [1.165, 1.54) is 22.4 Å². The fraction of sp³-hybridized carbons (Fsp3) is 0.286. The standard InChI is InChI=1S/C14H14N6/c1-8-2-4-9(5-3-8)10-6-11-12(7-10)15-16-13(11)14-17-19-20-18-14/h2-5,10H,6-7H2,1H3,(H,15,16)(H,17,18,19,20). The first kappa shape index (κ1) is 11.3. The van der Waals surface area contributed by atoms with Gasteiger partial charge in [-0.25, -0.2) is 0 Å². The number of aryl methyl sites for hydroxylation is 1. The third-order valence-corrected chi connectivity index (χ3v) is 3.96. The largest absolute Gasteiger partial charge is 0.282 e. The van der Waals surface area contributed by atoms with Crippen molar-refractivity contribution in [2.24, 2.45) is 0 Å². The summed E-state index contributed by atoms with van der Waals surface area (Å²) in [5.74, 6) is 1.07. The lowest BCUT2D eigenvalue weighted by molar-refractivity contribution is 0.723. The van der Waals surface area contributed by atoms with Gasteiger partial charge < -0.3 is 0 Å². The first-order valence-electron chi connectivity index (χ1n) is 6.68. The summed E-state index contributed by atoms with van der Waals surface area (Å²) in [5.41, 5.74) is 5.90. The van der Waals surface area contributed by atoms with Crippen LogP contribution in [0.2, 0.25) is 0 Å². The predicted molar refractivity (Wildman–Crippen MR) is 73.1 cm³/mol. The van der Waals surface area contributed by atoms with E-state index in [-0.39, 0.29) is 0 Å². The van der Waals surface area contributed by atoms with E-state index < -0.39 is 0 Å². The van der Waals surface area contributed by atoms with Gasteiger partial charge >= 0.3 is 0 Å². The van der Waals surface area contributed by atoms with Crippen molar-refractivity contribution in [2.45, 2.75) is 25.7 Å². The lowest BCUT2D eigenvalue weighted by Gasteiger charge is -2.09. The third-order valence-electron chi connectivity index (χ3n) is 3.96. The van der Waals surface area contributed by atoms with E-state index in [0.29, 0.717) is 11.7 Å². The number of aromatic nitrogens is 6. The number of nitrogens with one attached hydrogen (secondary N) is 2. The van der Waals surface area contributed by atoms with Gasteiger partial charge in [0.2, 0.25) is 5.82 Å². The second-order valence-electron chi connectivity index (χ2n) is 5.28. The molecule has 1 unspecified atom stereocenters. The average molecular weight is 266 g/mol. The van der Waals surface area contributed by atoms with Gasteiger partial charge in [-0.05, 0) is 36.5 Å². The molecule has 1 atom stereocenters. The topological polar surface area (TPSA) is 83.1 Å². The fourth-order valence-electron chi connectivity index (χ4n) is 2.88. The van der Waals surface area contributed by atoms with Gasteiger partial charge in [-0.2, -0.15) is 10.3 Å². The molecule has 0 saturated carbocycles. The van der Waals surface area contributed by atoms with Crippen molar-refractivity contribution >= 4 is 0 Å². The van der Waals surface area contributed by atoms with E-state index in [1.54, 1.807) is 0 Å². The molecular weight excluding hydrogens is 252 g/mol. The summed E-state index contributed by atoms with van der Waals surface area (Å²) in [6.45, 7) is 2.11. The van der Waals surface area contributed by atoms with Gasteiger partial charge in [0.1, 0.15) is 5.69 Å². The summed E-state index contributed by atoms with van der Waals surface area (Å²) < 4.78 is 0. The van der Waals surface area contributed by atoms with Gasteiger partial charge in [-0.15, -0.1) is 10.2 Å². The van der Waals surface area contributed by atoms with Crippen LogP contribution < -0.4 is 0 Å². The first-order chi connectivity index (χ1) is 9.81. The molecule has 2 N–H and O–H groups in total. The van der Waals surface area contributed by atoms with E-state index in [9.17, 15) is 0 Å². The summed E-state index contributed by atoms with van der Waals surface area (Å²) in [6, 6.07) is 8.77. The molecule has 0 amide bonds. The minimum absolute atomic E-state index is 0.505. The van der Waals surface area contributed by atoms with Crippen molar-refractivity contribution in [2.75, 3.05) is 0 Å². The molecule has 0 saturated heterocycles. The van der Waals surface area contributed by atoms with Crippen LogP contribution in [0.1, 0.15) is 28.3 Å². The van der Waals surface area contributed by atoms with Crippen LogP contribution in [0.4, 0.5) is 0 Å². The van der Waals surface area contributed by atoms with Gasteiger partial charge in [-0.1, -0.05) is 29.8 Å². The Hall–Kier alpha value is -2.50. The highest BCUT2D eigenvalue weighted by Crippen LogP contribution is 2.36. The Labute approximate surface area is 115 Å². The van der Waals surface area contributed by atoms with Crippen LogP contribution >= 0.6 is 0 Å². The molecule has 0 radical (unpaired) electrons. The average Bonchev–Trinajstić information content (AvgIpc) is 3.15. The smallest absolute Gasteiger partial charge is 0.225 e. The molecule has 3 aromatic rings. The van der Waals surface area contributed by atoms with E-state index in [1.807, 2.05) is 0 Å². The second-order valence-corrected chi connectivity index (χ2v) is 5.28. The molecule has 0 aliphatic heterocycles. The maximum absolute atomic E-state index is 4.31. The number of aromatic amines is 2. The molecule has 6 heteroatoms. The predicted octanol–water partition coefficient (Wildman–Crippen LogP) is 1.78. The summed E-state index contributed by atoms with van der Waals surface area (Å²) in [5, 5.41) is 21.5. The van der Waals surface area contributed by atoms with Gasteiger partial charge in [0.05, 0.1) is 0 Å². The molecule has 2 aromatic heterocycles. The van der Waals surface area contributed by atoms with Crippen LogP contribution in [0.15, 0.2) is 24.3 Å². The van der Waals surface area contributed by atoms with Crippen molar-refractivity contribution in [3.05, 3.63) is 46.6 Å². The molecule has 1 aliphatic carbocycles. The Morgan fingerprint density at radius 2 is 1.95 bits per heavy atom. The van der Waals surface area contributed by atoms with Crippen LogP contribution in [0.25, 0.3) is 11.5 Å². The minimum Gasteiger partial charge on any atom is -0.282 e. The highest BCUT2D eigenvalue weighted by atomic mass is 15.5. The van der Waals surface area contributed by atoms with Crippen LogP contribution in [0.3, 0.4) is 0 Å². The second kappa shape index (κ2) is 4.26. The zero-order valence-corrected chi connectivity index (χ0v) is 11.1. The van der Waals surface area contributed by atoms with Crippen molar-refractivity contribution in [3.8, 4) is 11.5 Å². The number of hydrogen-bond acceptors (Lipinski definition) is 4. The Morgan fingerprint density at radius 3 is 2.70 bits per heavy atom. The molecular formula is C14H14N6. The van der Waals surface area contributed by atoms with Crippen LogP contribution in [0.5, 0.6) is 0 Å². The van der Waals surface area contributed by atoms with Gasteiger partial charge in [0, 0.05) is 11.3 Å². The maximum atomic E-state index is 4.31. The third kappa shape index (κ3) is 1.72. The lowest BCUT2D eigenvalue weighted by Crippen LogP contribution is -1.99. The molecule has 4 rings (SSSR count). The molecule has 1 aromatic carbocycles. The van der Waals surface area contributed by atoms with Gasteiger partial charge in [0.25, 0.3) is 0 Å². The van der Waals surface area contributed by atoms with Crippen LogP contribution in [-0.4, -0.2) is 30.8 Å². The number of fused-ring (bicyclic) bond motifs is 1. The van der Waals surface area contributed by atoms with E-state index in [2.05, 4.69) is 62.0 Å². The summed E-state index contributed by atoms with van der Waals surface area (Å²) in [4.78, 5) is 0. The normalized spacial score (nSPS) is 17.4. The molecule has 20 heavy (non-hydrogen) atoms. The molecule has 1 aliphatic rings. The number of rotatable bonds is 2. The zero-order chi connectivity index (χ0) is 13.5. The number of tetrazole rings is 1. The Balaban J connectivity index is 1.66. The molecule has 0 spiro atoms. The molecule has 100 valence electrons. The Morgan fingerprint density at radius 1 is 1.10 bits per heavy atom. The summed E-state index contributed by atoms with van der Waals surface area (Å²) in [7, 11) is 0. The van der Waals surface area contributed by atoms with Crippen molar-refractivity contribution in [3.63, 3.8) is 0 Å². The van der Waals surface area contributed by atoms with Gasteiger partial charge in [-0.3, -0.25) is 5.10 Å². The summed E-state index contributed by atoms with van der Waals surface area (Å²) >= 11 is 0. The number of hydrogen-bond donors (Lipinski definition) is 2. The number of nitrogens with zero attached hydrogens (tertiary/aromatic N) is 4. The van der Waals surface area contributed by atoms with Crippen LogP contribution in [-0.2, 0) is 12.8 Å². The SMILES string of the molecule is Cc1ccc(C2Cc3[nH]nc(-c4nn[nH]n4)c3C2)cc1. The number of benzene rings is 1. The van der Waals surface area contributed by atoms with Crippen LogP contribution in [0, 0.1) is 6.92 Å². The quantitative estimate of drug-likeness (QED) is 0.740. The van der Waals surface area contributed by atoms with Crippen molar-refractivity contribution in [1.29, 1.82) is 0 Å². The Kier molecular flexibility index (Phi) is 2.42. The first-order valence-corrected chi connectivity index (χ1v) is 6.68. The monoisotopic (exact) mass is 266 g/mol. The molecule has 0 fully saturated rings. The van der Waals surface area contributed by atoms with E-state index in [0.717, 1.165) is 18.5 Å². The fourth-order valence-corrected chi connectivity index (χ4v) is 2.88. The van der Waals surface area contributed by atoms with Gasteiger partial charge in [0.15, 0.2) is 0 Å².